The van der Waals surface area contributed by atoms with Crippen LogP contribution in [0.2, 0.25) is 0 Å². The molecule has 0 radical (unpaired) electrons. The molecule has 0 amide bonds. The number of allylic oxidation sites excluding steroid dienone is 3. The molecule has 0 saturated carbocycles. The molecular weight excluding hydrogens is 176 g/mol. The zero-order chi connectivity index (χ0) is 10.2. The number of nitrogens with zero attached hydrogens (tertiary/aromatic N) is 1. The van der Waals surface area contributed by atoms with Crippen LogP contribution >= 0.6 is 0 Å². The molecule has 1 aliphatic carbocycles. The van der Waals surface area contributed by atoms with Crippen LogP contribution in [0.5, 0.6) is 0 Å². The van der Waals surface area contributed by atoms with Crippen LogP contribution in [-0.4, -0.2) is 18.7 Å². The summed E-state index contributed by atoms with van der Waals surface area (Å²) >= 11 is 0. The monoisotopic (exact) mass is 192 g/mol. The first-order valence-electron chi connectivity index (χ1n) is 4.87. The van der Waals surface area contributed by atoms with Crippen molar-refractivity contribution < 1.29 is 4.74 Å². The average molecular weight is 192 g/mol. The molecule has 0 fully saturated rings. The third-order valence-corrected chi connectivity index (χ3v) is 1.92. The lowest BCUT2D eigenvalue weighted by Crippen LogP contribution is -2.00. The van der Waals surface area contributed by atoms with E-state index in [2.05, 4.69) is 11.1 Å². The minimum Gasteiger partial charge on any atom is -0.447 e. The average Bonchev–Trinajstić information content (AvgIpc) is 2.20. The van der Waals surface area contributed by atoms with E-state index in [1.54, 1.807) is 0 Å². The van der Waals surface area contributed by atoms with Gasteiger partial charge in [0.1, 0.15) is 5.76 Å². The first kappa shape index (κ1) is 10.7. The van der Waals surface area contributed by atoms with Crippen LogP contribution < -0.4 is 0 Å². The van der Waals surface area contributed by atoms with Crippen molar-refractivity contribution in [3.8, 4) is 0 Å². The number of hydrogen-bond acceptors (Lipinski definition) is 3. The van der Waals surface area contributed by atoms with Crippen molar-refractivity contribution in [1.29, 1.82) is 5.41 Å². The van der Waals surface area contributed by atoms with Crippen molar-refractivity contribution in [2.45, 2.75) is 32.2 Å². The maximum Gasteiger partial charge on any atom is 0.176 e. The summed E-state index contributed by atoms with van der Waals surface area (Å²) in [6.45, 7) is 1.95. The normalized spacial score (nSPS) is 17.9. The van der Waals surface area contributed by atoms with Crippen LogP contribution in [-0.2, 0) is 4.74 Å². The van der Waals surface area contributed by atoms with Gasteiger partial charge in [0.15, 0.2) is 6.40 Å². The molecule has 76 valence electrons. The lowest BCUT2D eigenvalue weighted by Gasteiger charge is -2.05. The third kappa shape index (κ3) is 4.03. The summed E-state index contributed by atoms with van der Waals surface area (Å²) in [4.78, 5) is 4.13. The maximum atomic E-state index is 6.90. The van der Waals surface area contributed by atoms with Crippen LogP contribution in [0.3, 0.4) is 0 Å². The molecule has 1 rings (SSSR count). The van der Waals surface area contributed by atoms with Crippen molar-refractivity contribution in [3.63, 3.8) is 0 Å². The minimum atomic E-state index is 0.126. The number of hydrogen-bond donors (Lipinski definition) is 1. The third-order valence-electron chi connectivity index (χ3n) is 1.92. The van der Waals surface area contributed by atoms with Gasteiger partial charge in [0.05, 0.1) is 6.04 Å². The highest BCUT2D eigenvalue weighted by Crippen LogP contribution is 2.09. The molecule has 1 aliphatic rings. The van der Waals surface area contributed by atoms with E-state index in [1.807, 2.05) is 19.1 Å². The van der Waals surface area contributed by atoms with Crippen LogP contribution in [0, 0.1) is 5.41 Å². The molecule has 14 heavy (non-hydrogen) atoms. The molecule has 3 heteroatoms. The molecule has 0 saturated heterocycles. The lowest BCUT2D eigenvalue weighted by atomic mass is 10.2. The molecule has 1 atom stereocenters. The van der Waals surface area contributed by atoms with E-state index in [0.29, 0.717) is 6.42 Å². The Kier molecular flexibility index (Phi) is 4.69. The van der Waals surface area contributed by atoms with Crippen LogP contribution in [0.25, 0.3) is 0 Å². The van der Waals surface area contributed by atoms with E-state index in [0.717, 1.165) is 18.6 Å². The zero-order valence-electron chi connectivity index (χ0n) is 8.44. The van der Waals surface area contributed by atoms with E-state index >= 15 is 0 Å². The zero-order valence-corrected chi connectivity index (χ0v) is 8.44. The Morgan fingerprint density at radius 3 is 3.14 bits per heavy atom. The Labute approximate surface area is 84.7 Å². The molecular formula is C11H16N2O. The molecule has 0 aliphatic heterocycles. The van der Waals surface area contributed by atoms with Crippen molar-refractivity contribution in [2.24, 2.45) is 4.99 Å². The van der Waals surface area contributed by atoms with E-state index < -0.39 is 0 Å². The summed E-state index contributed by atoms with van der Waals surface area (Å²) in [6, 6.07) is 0.126. The fraction of sp³-hybridized carbons (Fsp3) is 0.455. The van der Waals surface area contributed by atoms with Crippen molar-refractivity contribution in [3.05, 3.63) is 24.0 Å². The largest absolute Gasteiger partial charge is 0.447 e. The quantitative estimate of drug-likeness (QED) is 0.528. The van der Waals surface area contributed by atoms with Crippen LogP contribution in [0.4, 0.5) is 0 Å². The highest BCUT2D eigenvalue weighted by molar-refractivity contribution is 5.55. The first-order valence-corrected chi connectivity index (χ1v) is 4.87. The van der Waals surface area contributed by atoms with E-state index in [1.165, 1.54) is 12.6 Å². The fourth-order valence-corrected chi connectivity index (χ4v) is 1.10. The Morgan fingerprint density at radius 1 is 1.64 bits per heavy atom. The molecule has 0 spiro atoms. The van der Waals surface area contributed by atoms with Gasteiger partial charge in [0.2, 0.25) is 0 Å². The smallest absolute Gasteiger partial charge is 0.176 e. The molecule has 0 aromatic heterocycles. The van der Waals surface area contributed by atoms with Gasteiger partial charge in [-0.05, 0) is 38.1 Å². The lowest BCUT2D eigenvalue weighted by molar-refractivity contribution is 0.443. The first-order chi connectivity index (χ1) is 6.83. The topological polar surface area (TPSA) is 45.4 Å². The minimum absolute atomic E-state index is 0.126. The van der Waals surface area contributed by atoms with E-state index in [9.17, 15) is 0 Å². The number of ether oxygens (including phenoxy) is 1. The molecule has 0 bridgehead atoms. The summed E-state index contributed by atoms with van der Waals surface area (Å²) in [7, 11) is 0. The molecule has 1 unspecified atom stereocenters. The standard InChI is InChI=1S/C11H16N2O/c1-10(7-8-12)13-9-14-11-5-3-2-4-6-11/h3,5-6,8-10,12H,2,4,7H2,1H3. The van der Waals surface area contributed by atoms with Crippen molar-refractivity contribution in [1.82, 2.24) is 0 Å². The fourth-order valence-electron chi connectivity index (χ4n) is 1.10. The second kappa shape index (κ2) is 6.13. The van der Waals surface area contributed by atoms with Crippen molar-refractivity contribution >= 4 is 12.6 Å². The summed E-state index contributed by atoms with van der Waals surface area (Å²) < 4.78 is 5.31. The van der Waals surface area contributed by atoms with Gasteiger partial charge >= 0.3 is 0 Å². The molecule has 1 N–H and O–H groups in total. The van der Waals surface area contributed by atoms with Gasteiger partial charge in [-0.15, -0.1) is 0 Å². The highest BCUT2D eigenvalue weighted by Gasteiger charge is 1.97. The summed E-state index contributed by atoms with van der Waals surface area (Å²) in [5, 5.41) is 6.90. The predicted octanol–water partition coefficient (Wildman–Crippen LogP) is 2.69. The van der Waals surface area contributed by atoms with Gasteiger partial charge in [-0.3, -0.25) is 4.99 Å². The summed E-state index contributed by atoms with van der Waals surface area (Å²) in [5.41, 5.74) is 0. The Bertz CT molecular complexity index is 266. The Morgan fingerprint density at radius 2 is 2.50 bits per heavy atom. The highest BCUT2D eigenvalue weighted by atomic mass is 16.5. The predicted molar refractivity (Wildman–Crippen MR) is 58.9 cm³/mol. The van der Waals surface area contributed by atoms with Gasteiger partial charge < -0.3 is 10.1 Å². The van der Waals surface area contributed by atoms with Gasteiger partial charge in [-0.1, -0.05) is 6.08 Å². The Hall–Kier alpha value is -1.38. The SMILES string of the molecule is CC(CC=N)N=COC1=CCCC=C1. The second-order valence-electron chi connectivity index (χ2n) is 3.25. The van der Waals surface area contributed by atoms with Gasteiger partial charge in [0.25, 0.3) is 0 Å². The van der Waals surface area contributed by atoms with Gasteiger partial charge in [0, 0.05) is 6.42 Å². The van der Waals surface area contributed by atoms with Crippen molar-refractivity contribution in [2.75, 3.05) is 0 Å². The summed E-state index contributed by atoms with van der Waals surface area (Å²) in [6.07, 6.45) is 11.7. The number of aliphatic imine (C=N–C) groups is 1. The van der Waals surface area contributed by atoms with Crippen LogP contribution in [0.15, 0.2) is 29.0 Å². The molecule has 0 aromatic carbocycles. The number of rotatable bonds is 5. The van der Waals surface area contributed by atoms with Gasteiger partial charge in [-0.25, -0.2) is 0 Å². The molecule has 0 aromatic rings. The number of nitrogens with one attached hydrogen (secondary N) is 1. The maximum absolute atomic E-state index is 6.90. The second-order valence-corrected chi connectivity index (χ2v) is 3.25. The summed E-state index contributed by atoms with van der Waals surface area (Å²) in [5.74, 6) is 0.863. The van der Waals surface area contributed by atoms with Gasteiger partial charge in [-0.2, -0.15) is 0 Å². The Balaban J connectivity index is 2.28. The van der Waals surface area contributed by atoms with Crippen LogP contribution in [0.1, 0.15) is 26.2 Å². The molecule has 0 heterocycles. The van der Waals surface area contributed by atoms with E-state index in [4.69, 9.17) is 10.1 Å². The molecule has 3 nitrogen and oxygen atoms in total. The van der Waals surface area contributed by atoms with E-state index in [-0.39, 0.29) is 6.04 Å².